The van der Waals surface area contributed by atoms with E-state index in [4.69, 9.17) is 0 Å². The van der Waals surface area contributed by atoms with E-state index in [0.29, 0.717) is 18.3 Å². The van der Waals surface area contributed by atoms with Gasteiger partial charge in [-0.2, -0.15) is 5.10 Å². The van der Waals surface area contributed by atoms with Crippen LogP contribution in [0.25, 0.3) is 16.9 Å². The minimum Gasteiger partial charge on any atom is -0.356 e. The second-order valence-electron chi connectivity index (χ2n) is 6.92. The second-order valence-corrected chi connectivity index (χ2v) is 6.92. The van der Waals surface area contributed by atoms with Gasteiger partial charge in [-0.25, -0.2) is 24.3 Å². The number of H-pyrrole nitrogens is 1. The maximum atomic E-state index is 12.2. The third kappa shape index (κ3) is 3.02. The molecular formula is C18H19N9O. The highest BCUT2D eigenvalue weighted by Gasteiger charge is 2.23. The lowest BCUT2D eigenvalue weighted by atomic mass is 9.96. The van der Waals surface area contributed by atoms with Crippen LogP contribution in [-0.2, 0) is 6.54 Å². The van der Waals surface area contributed by atoms with E-state index in [-0.39, 0.29) is 5.56 Å². The highest BCUT2D eigenvalue weighted by atomic mass is 16.1. The third-order valence-electron chi connectivity index (χ3n) is 5.18. The van der Waals surface area contributed by atoms with Crippen LogP contribution in [0, 0.1) is 5.92 Å². The van der Waals surface area contributed by atoms with Crippen molar-refractivity contribution in [2.24, 2.45) is 5.92 Å². The van der Waals surface area contributed by atoms with Crippen molar-refractivity contribution in [3.8, 4) is 5.82 Å². The Hall–Kier alpha value is -3.56. The van der Waals surface area contributed by atoms with Crippen molar-refractivity contribution in [1.29, 1.82) is 0 Å². The average molecular weight is 377 g/mol. The van der Waals surface area contributed by atoms with E-state index in [0.717, 1.165) is 42.8 Å². The number of hydrogen-bond donors (Lipinski definition) is 1. The number of fused-ring (bicyclic) bond motifs is 1. The molecule has 1 aliphatic rings. The summed E-state index contributed by atoms with van der Waals surface area (Å²) in [5, 5.41) is 9.56. The van der Waals surface area contributed by atoms with Gasteiger partial charge in [0, 0.05) is 31.9 Å². The fourth-order valence-corrected chi connectivity index (χ4v) is 3.70. The molecule has 142 valence electrons. The largest absolute Gasteiger partial charge is 0.356 e. The molecule has 4 aromatic heterocycles. The van der Waals surface area contributed by atoms with Crippen molar-refractivity contribution >= 4 is 16.9 Å². The Morgan fingerprint density at radius 1 is 1.11 bits per heavy atom. The number of hydrogen-bond acceptors (Lipinski definition) is 7. The van der Waals surface area contributed by atoms with E-state index in [9.17, 15) is 4.79 Å². The molecule has 10 heteroatoms. The molecule has 1 saturated heterocycles. The lowest BCUT2D eigenvalue weighted by Crippen LogP contribution is -2.37. The van der Waals surface area contributed by atoms with Gasteiger partial charge in [-0.3, -0.25) is 4.79 Å². The fraction of sp³-hybridized carbons (Fsp3) is 0.333. The third-order valence-corrected chi connectivity index (χ3v) is 5.18. The van der Waals surface area contributed by atoms with Crippen LogP contribution in [0.3, 0.4) is 0 Å². The molecule has 1 N–H and O–H groups in total. The van der Waals surface area contributed by atoms with E-state index in [1.54, 1.807) is 23.4 Å². The maximum absolute atomic E-state index is 12.2. The minimum atomic E-state index is -0.101. The zero-order valence-electron chi connectivity index (χ0n) is 15.1. The van der Waals surface area contributed by atoms with Gasteiger partial charge in [0.25, 0.3) is 5.56 Å². The number of piperidine rings is 1. The van der Waals surface area contributed by atoms with E-state index in [1.807, 2.05) is 12.3 Å². The summed E-state index contributed by atoms with van der Waals surface area (Å²) in [7, 11) is 0. The fourth-order valence-electron chi connectivity index (χ4n) is 3.70. The number of aromatic nitrogens is 8. The van der Waals surface area contributed by atoms with Crippen molar-refractivity contribution in [3.05, 3.63) is 53.7 Å². The van der Waals surface area contributed by atoms with Crippen LogP contribution in [0.5, 0.6) is 0 Å². The average Bonchev–Trinajstić information content (AvgIpc) is 3.42. The Morgan fingerprint density at radius 3 is 2.82 bits per heavy atom. The van der Waals surface area contributed by atoms with Crippen molar-refractivity contribution in [1.82, 2.24) is 39.5 Å². The van der Waals surface area contributed by atoms with Gasteiger partial charge in [-0.15, -0.1) is 5.10 Å². The molecule has 5 heterocycles. The first-order valence-corrected chi connectivity index (χ1v) is 9.24. The smallest absolute Gasteiger partial charge is 0.266 e. The van der Waals surface area contributed by atoms with Gasteiger partial charge >= 0.3 is 0 Å². The number of aromatic amines is 1. The molecule has 0 aliphatic carbocycles. The van der Waals surface area contributed by atoms with Gasteiger partial charge in [0.2, 0.25) is 0 Å². The molecule has 0 unspecified atom stereocenters. The summed E-state index contributed by atoms with van der Waals surface area (Å²) in [5.41, 5.74) is 0.754. The highest BCUT2D eigenvalue weighted by Crippen LogP contribution is 2.27. The Kier molecular flexibility index (Phi) is 4.08. The number of anilines is 1. The molecule has 5 rings (SSSR count). The van der Waals surface area contributed by atoms with Gasteiger partial charge in [0.05, 0.1) is 5.39 Å². The molecule has 10 nitrogen and oxygen atoms in total. The van der Waals surface area contributed by atoms with Crippen molar-refractivity contribution < 1.29 is 0 Å². The quantitative estimate of drug-likeness (QED) is 0.565. The number of nitrogens with zero attached hydrogens (tertiary/aromatic N) is 8. The molecule has 0 radical (unpaired) electrons. The molecule has 1 aliphatic heterocycles. The Labute approximate surface area is 159 Å². The van der Waals surface area contributed by atoms with Crippen LogP contribution >= 0.6 is 0 Å². The zero-order chi connectivity index (χ0) is 18.9. The first-order valence-electron chi connectivity index (χ1n) is 9.24. The first kappa shape index (κ1) is 16.6. The van der Waals surface area contributed by atoms with Gasteiger partial charge in [0.15, 0.2) is 5.82 Å². The number of nitrogens with one attached hydrogen (secondary N) is 1. The van der Waals surface area contributed by atoms with E-state index in [1.165, 1.54) is 17.1 Å². The van der Waals surface area contributed by atoms with Crippen LogP contribution in [0.4, 0.5) is 5.82 Å². The molecule has 0 spiro atoms. The lowest BCUT2D eigenvalue weighted by Gasteiger charge is -2.33. The Balaban J connectivity index is 1.30. The molecule has 0 atom stereocenters. The highest BCUT2D eigenvalue weighted by molar-refractivity contribution is 5.87. The standard InChI is InChI=1S/C18H19N9O/c28-16-2-1-15(27-12-19-10-23-27)24-26(16)9-13-4-7-25(8-5-13)18-14-3-6-20-17(14)21-11-22-18/h1-3,6,10-13H,4-5,7-9H2,(H,20,21,22). The van der Waals surface area contributed by atoms with E-state index >= 15 is 0 Å². The molecule has 0 amide bonds. The van der Waals surface area contributed by atoms with E-state index < -0.39 is 0 Å². The zero-order valence-corrected chi connectivity index (χ0v) is 15.1. The normalized spacial score (nSPS) is 15.4. The van der Waals surface area contributed by atoms with E-state index in [2.05, 4.69) is 35.0 Å². The van der Waals surface area contributed by atoms with Crippen LogP contribution in [-0.4, -0.2) is 52.6 Å². The summed E-state index contributed by atoms with van der Waals surface area (Å²) in [4.78, 5) is 30.3. The van der Waals surface area contributed by atoms with Crippen LogP contribution in [0.15, 0.2) is 48.2 Å². The minimum absolute atomic E-state index is 0.101. The summed E-state index contributed by atoms with van der Waals surface area (Å²) in [5.74, 6) is 1.94. The molecule has 0 aromatic carbocycles. The van der Waals surface area contributed by atoms with Gasteiger partial charge in [-0.1, -0.05) is 0 Å². The van der Waals surface area contributed by atoms with Crippen molar-refractivity contribution in [2.75, 3.05) is 18.0 Å². The molecule has 1 fully saturated rings. The molecular weight excluding hydrogens is 358 g/mol. The predicted octanol–water partition coefficient (Wildman–Crippen LogP) is 1.01. The maximum Gasteiger partial charge on any atom is 0.266 e. The Morgan fingerprint density at radius 2 is 2.00 bits per heavy atom. The topological polar surface area (TPSA) is 110 Å². The summed E-state index contributed by atoms with van der Waals surface area (Å²) in [6.07, 6.45) is 8.44. The van der Waals surface area contributed by atoms with Crippen molar-refractivity contribution in [2.45, 2.75) is 19.4 Å². The summed E-state index contributed by atoms with van der Waals surface area (Å²) in [6.45, 7) is 2.37. The first-order chi connectivity index (χ1) is 13.8. The summed E-state index contributed by atoms with van der Waals surface area (Å²) >= 11 is 0. The molecule has 4 aromatic rings. The van der Waals surface area contributed by atoms with Crippen LogP contribution in [0.1, 0.15) is 12.8 Å². The predicted molar refractivity (Wildman–Crippen MR) is 102 cm³/mol. The SMILES string of the molecule is O=c1ccc(-n2cncn2)nn1CC1CCN(c2ncnc3[nH]ccc23)CC1. The molecule has 0 saturated carbocycles. The summed E-state index contributed by atoms with van der Waals surface area (Å²) < 4.78 is 3.09. The van der Waals surface area contributed by atoms with Crippen LogP contribution < -0.4 is 10.5 Å². The van der Waals surface area contributed by atoms with Crippen LogP contribution in [0.2, 0.25) is 0 Å². The lowest BCUT2D eigenvalue weighted by molar-refractivity contribution is 0.334. The second kappa shape index (κ2) is 6.87. The van der Waals surface area contributed by atoms with Gasteiger partial charge in [-0.05, 0) is 30.9 Å². The van der Waals surface area contributed by atoms with Gasteiger partial charge < -0.3 is 9.88 Å². The van der Waals surface area contributed by atoms with Gasteiger partial charge in [0.1, 0.15) is 30.4 Å². The monoisotopic (exact) mass is 377 g/mol. The van der Waals surface area contributed by atoms with Crippen molar-refractivity contribution in [3.63, 3.8) is 0 Å². The molecule has 28 heavy (non-hydrogen) atoms. The molecule has 0 bridgehead atoms. The Bertz CT molecular complexity index is 1140. The summed E-state index contributed by atoms with van der Waals surface area (Å²) in [6, 6.07) is 5.20. The number of rotatable bonds is 4.